The van der Waals surface area contributed by atoms with Crippen LogP contribution >= 0.6 is 0 Å². The monoisotopic (exact) mass is 382 g/mol. The molecule has 150 valence electrons. The van der Waals surface area contributed by atoms with Crippen LogP contribution in [0.4, 0.5) is 0 Å². The lowest BCUT2D eigenvalue weighted by Crippen LogP contribution is -2.49. The Morgan fingerprint density at radius 2 is 1.64 bits per heavy atom. The lowest BCUT2D eigenvalue weighted by atomic mass is 10.0. The van der Waals surface area contributed by atoms with E-state index in [9.17, 15) is 9.59 Å². The zero-order chi connectivity index (χ0) is 20.5. The minimum absolute atomic E-state index is 0.113. The van der Waals surface area contributed by atoms with E-state index >= 15 is 0 Å². The van der Waals surface area contributed by atoms with E-state index in [4.69, 9.17) is 4.74 Å². The van der Waals surface area contributed by atoms with Crippen LogP contribution in [0.25, 0.3) is 0 Å². The van der Waals surface area contributed by atoms with E-state index in [0.717, 1.165) is 5.56 Å². The average Bonchev–Trinajstić information content (AvgIpc) is 2.71. The molecule has 0 aliphatic rings. The molecule has 0 aliphatic carbocycles. The van der Waals surface area contributed by atoms with Gasteiger partial charge in [-0.3, -0.25) is 9.59 Å². The summed E-state index contributed by atoms with van der Waals surface area (Å²) in [5.74, 6) is 0.682. The first-order valence-corrected chi connectivity index (χ1v) is 9.76. The lowest BCUT2D eigenvalue weighted by Gasteiger charge is -2.28. The molecule has 0 saturated heterocycles. The Bertz CT molecular complexity index is 757. The number of nitrogens with zero attached hydrogens (tertiary/aromatic N) is 1. The number of nitrogens with one attached hydrogen (secondary N) is 1. The second-order valence-electron chi connectivity index (χ2n) is 7.09. The second kappa shape index (κ2) is 10.5. The highest BCUT2D eigenvalue weighted by molar-refractivity contribution is 5.87. The molecule has 0 saturated carbocycles. The molecule has 28 heavy (non-hydrogen) atoms. The molecule has 2 amide bonds. The van der Waals surface area contributed by atoms with Crippen LogP contribution < -0.4 is 10.1 Å². The van der Waals surface area contributed by atoms with Gasteiger partial charge >= 0.3 is 0 Å². The van der Waals surface area contributed by atoms with Crippen LogP contribution in [0, 0.1) is 0 Å². The summed E-state index contributed by atoms with van der Waals surface area (Å²) in [6, 6.07) is 16.8. The molecule has 0 radical (unpaired) electrons. The number of carbonyl (C=O) groups is 2. The number of carbonyl (C=O) groups excluding carboxylic acids is 2. The van der Waals surface area contributed by atoms with Gasteiger partial charge in [0.15, 0.2) is 6.61 Å². The number of hydrogen-bond donors (Lipinski definition) is 1. The minimum atomic E-state index is -0.584. The van der Waals surface area contributed by atoms with Gasteiger partial charge in [-0.1, -0.05) is 56.3 Å². The summed E-state index contributed by atoms with van der Waals surface area (Å²) in [7, 11) is 0. The predicted molar refractivity (Wildman–Crippen MR) is 111 cm³/mol. The van der Waals surface area contributed by atoms with Gasteiger partial charge in [-0.2, -0.15) is 0 Å². The molecule has 0 heterocycles. The lowest BCUT2D eigenvalue weighted by molar-refractivity contribution is -0.142. The number of likely N-dealkylation sites (N-methyl/N-ethyl adjacent to an activating group) is 1. The Morgan fingerprint density at radius 3 is 2.21 bits per heavy atom. The van der Waals surface area contributed by atoms with Crippen molar-refractivity contribution in [2.24, 2.45) is 0 Å². The second-order valence-corrected chi connectivity index (χ2v) is 7.09. The Balaban J connectivity index is 2.07. The Kier molecular flexibility index (Phi) is 8.05. The molecular formula is C23H30N2O3. The molecule has 2 aromatic carbocycles. The van der Waals surface area contributed by atoms with Crippen molar-refractivity contribution in [1.29, 1.82) is 0 Å². The maximum atomic E-state index is 12.9. The molecule has 0 aliphatic heterocycles. The average molecular weight is 383 g/mol. The van der Waals surface area contributed by atoms with Crippen molar-refractivity contribution < 1.29 is 14.3 Å². The largest absolute Gasteiger partial charge is 0.484 e. The van der Waals surface area contributed by atoms with E-state index in [2.05, 4.69) is 19.2 Å². The predicted octanol–water partition coefficient (Wildman–Crippen LogP) is 3.74. The van der Waals surface area contributed by atoms with Gasteiger partial charge in [-0.25, -0.2) is 0 Å². The minimum Gasteiger partial charge on any atom is -0.484 e. The van der Waals surface area contributed by atoms with Crippen molar-refractivity contribution in [3.8, 4) is 5.75 Å². The molecule has 0 aromatic heterocycles. The van der Waals surface area contributed by atoms with Crippen LogP contribution in [0.3, 0.4) is 0 Å². The topological polar surface area (TPSA) is 58.6 Å². The number of ether oxygens (including phenoxy) is 1. The molecule has 0 unspecified atom stereocenters. The standard InChI is InChI=1S/C23H30N2O3/c1-5-24-23(27)18(4)25(15-19-9-7-6-8-10-19)22(26)16-28-21-13-11-20(12-14-21)17(2)3/h6-14,17-18H,5,15-16H2,1-4H3,(H,24,27)/t18-/m1/s1. The molecular weight excluding hydrogens is 352 g/mol. The van der Waals surface area contributed by atoms with Gasteiger partial charge in [-0.15, -0.1) is 0 Å². The Morgan fingerprint density at radius 1 is 1.00 bits per heavy atom. The normalized spacial score (nSPS) is 11.8. The van der Waals surface area contributed by atoms with Gasteiger partial charge in [0.25, 0.3) is 5.91 Å². The highest BCUT2D eigenvalue weighted by Crippen LogP contribution is 2.19. The van der Waals surface area contributed by atoms with Crippen LogP contribution in [-0.2, 0) is 16.1 Å². The highest BCUT2D eigenvalue weighted by atomic mass is 16.5. The highest BCUT2D eigenvalue weighted by Gasteiger charge is 2.26. The van der Waals surface area contributed by atoms with Gasteiger partial charge in [0.2, 0.25) is 5.91 Å². The van der Waals surface area contributed by atoms with Gasteiger partial charge in [0.1, 0.15) is 11.8 Å². The van der Waals surface area contributed by atoms with E-state index < -0.39 is 6.04 Å². The maximum absolute atomic E-state index is 12.9. The molecule has 5 nitrogen and oxygen atoms in total. The Labute approximate surface area is 167 Å². The van der Waals surface area contributed by atoms with E-state index in [1.54, 1.807) is 11.8 Å². The molecule has 0 spiro atoms. The third kappa shape index (κ3) is 6.12. The maximum Gasteiger partial charge on any atom is 0.261 e. The summed E-state index contributed by atoms with van der Waals surface area (Å²) in [6.07, 6.45) is 0. The fourth-order valence-corrected chi connectivity index (χ4v) is 2.86. The van der Waals surface area contributed by atoms with Crippen molar-refractivity contribution in [2.75, 3.05) is 13.2 Å². The summed E-state index contributed by atoms with van der Waals surface area (Å²) in [5, 5.41) is 2.78. The summed E-state index contributed by atoms with van der Waals surface area (Å²) in [6.45, 7) is 8.62. The first-order chi connectivity index (χ1) is 13.4. The zero-order valence-electron chi connectivity index (χ0n) is 17.1. The fourth-order valence-electron chi connectivity index (χ4n) is 2.86. The van der Waals surface area contributed by atoms with Crippen molar-refractivity contribution >= 4 is 11.8 Å². The molecule has 5 heteroatoms. The van der Waals surface area contributed by atoms with Gasteiger partial charge < -0.3 is 15.0 Å². The quantitative estimate of drug-likeness (QED) is 0.719. The van der Waals surface area contributed by atoms with Gasteiger partial charge in [0, 0.05) is 13.1 Å². The summed E-state index contributed by atoms with van der Waals surface area (Å²) in [5.41, 5.74) is 2.18. The first kappa shape index (κ1) is 21.5. The van der Waals surface area contributed by atoms with Crippen LogP contribution in [0.1, 0.15) is 44.7 Å². The van der Waals surface area contributed by atoms with Crippen molar-refractivity contribution in [1.82, 2.24) is 10.2 Å². The number of rotatable bonds is 9. The number of benzene rings is 2. The van der Waals surface area contributed by atoms with E-state index in [1.165, 1.54) is 5.56 Å². The summed E-state index contributed by atoms with van der Waals surface area (Å²) in [4.78, 5) is 26.7. The van der Waals surface area contributed by atoms with Crippen molar-refractivity contribution in [3.63, 3.8) is 0 Å². The van der Waals surface area contributed by atoms with Crippen LogP contribution in [0.2, 0.25) is 0 Å². The molecule has 0 bridgehead atoms. The van der Waals surface area contributed by atoms with Crippen molar-refractivity contribution in [3.05, 3.63) is 65.7 Å². The third-order valence-corrected chi connectivity index (χ3v) is 4.62. The van der Waals surface area contributed by atoms with E-state index in [1.807, 2.05) is 61.5 Å². The third-order valence-electron chi connectivity index (χ3n) is 4.62. The van der Waals surface area contributed by atoms with Crippen molar-refractivity contribution in [2.45, 2.75) is 46.2 Å². The van der Waals surface area contributed by atoms with Gasteiger partial charge in [-0.05, 0) is 43.0 Å². The summed E-state index contributed by atoms with van der Waals surface area (Å²) < 4.78 is 5.69. The molecule has 1 atom stereocenters. The number of hydrogen-bond acceptors (Lipinski definition) is 3. The van der Waals surface area contributed by atoms with Crippen LogP contribution in [-0.4, -0.2) is 35.9 Å². The Hall–Kier alpha value is -2.82. The molecule has 1 N–H and O–H groups in total. The first-order valence-electron chi connectivity index (χ1n) is 9.76. The summed E-state index contributed by atoms with van der Waals surface area (Å²) >= 11 is 0. The molecule has 2 rings (SSSR count). The van der Waals surface area contributed by atoms with E-state index in [0.29, 0.717) is 24.8 Å². The van der Waals surface area contributed by atoms with Crippen LogP contribution in [0.5, 0.6) is 5.75 Å². The van der Waals surface area contributed by atoms with Crippen LogP contribution in [0.15, 0.2) is 54.6 Å². The SMILES string of the molecule is CCNC(=O)[C@@H](C)N(Cc1ccccc1)C(=O)COc1ccc(C(C)C)cc1. The molecule has 0 fully saturated rings. The smallest absolute Gasteiger partial charge is 0.261 e. The van der Waals surface area contributed by atoms with Gasteiger partial charge in [0.05, 0.1) is 0 Å². The fraction of sp³-hybridized carbons (Fsp3) is 0.391. The van der Waals surface area contributed by atoms with E-state index in [-0.39, 0.29) is 18.4 Å². The zero-order valence-corrected chi connectivity index (χ0v) is 17.1. The molecule has 2 aromatic rings. The number of amides is 2.